The first-order valence-corrected chi connectivity index (χ1v) is 17.4. The van der Waals surface area contributed by atoms with Crippen molar-refractivity contribution >= 4 is 75.4 Å². The Morgan fingerprint density at radius 2 is 1.62 bits per heavy atom. The van der Waals surface area contributed by atoms with E-state index in [9.17, 15) is 44.1 Å². The van der Waals surface area contributed by atoms with Crippen molar-refractivity contribution in [1.82, 2.24) is 35.0 Å². The van der Waals surface area contributed by atoms with Gasteiger partial charge in [-0.2, -0.15) is 4.68 Å². The van der Waals surface area contributed by atoms with Crippen LogP contribution in [0.15, 0.2) is 73.1 Å². The third-order valence-corrected chi connectivity index (χ3v) is 9.30. The molecular formula is C36H35ClN10O9. The minimum Gasteiger partial charge on any atom is -0.477 e. The van der Waals surface area contributed by atoms with Gasteiger partial charge in [0, 0.05) is 53.4 Å². The number of carbonyl (C=O) groups excluding carboxylic acids is 4. The number of fused-ring (bicyclic) bond motifs is 1. The normalized spacial score (nSPS) is 13.8. The molecule has 1 unspecified atom stereocenters. The van der Waals surface area contributed by atoms with Gasteiger partial charge < -0.3 is 41.1 Å². The molecule has 6 rings (SSSR count). The summed E-state index contributed by atoms with van der Waals surface area (Å²) in [7, 11) is 0. The van der Waals surface area contributed by atoms with Crippen LogP contribution in [0.4, 0.5) is 26.7 Å². The summed E-state index contributed by atoms with van der Waals surface area (Å²) in [6, 6.07) is 14.7. The summed E-state index contributed by atoms with van der Waals surface area (Å²) in [5.74, 6) is -4.09. The first kappa shape index (κ1) is 38.9. The number of aromatic nitrogens is 5. The standard InChI is InChI=1S/C36H35ClN10O9/c1-36(2,11-14-48)41-34(54)40-23-6-3-20(4-7-23)15-28(30(49)39-24-8-10-25-21(16-24)17-29(33(52)53)47(25)35(55)56)45-13-12-44(31(50)32(45)51)27-18-22(37)5-9-26(27)46-19-38-42-43-46/h3-10,16-19,28,48H,11-15H2,1-2H3,(H,39,49)(H,52,53)(H,55,56)(H2,40,41,54). The first-order chi connectivity index (χ1) is 26.6. The van der Waals surface area contributed by atoms with Crippen molar-refractivity contribution in [2.24, 2.45) is 0 Å². The monoisotopic (exact) mass is 786 g/mol. The molecule has 56 heavy (non-hydrogen) atoms. The van der Waals surface area contributed by atoms with Gasteiger partial charge in [-0.1, -0.05) is 23.7 Å². The highest BCUT2D eigenvalue weighted by molar-refractivity contribution is 6.41. The number of halogens is 1. The molecule has 0 aliphatic carbocycles. The van der Waals surface area contributed by atoms with Gasteiger partial charge in [-0.3, -0.25) is 14.4 Å². The minimum absolute atomic E-state index is 0.0406. The van der Waals surface area contributed by atoms with E-state index in [0.29, 0.717) is 27.9 Å². The number of anilines is 3. The zero-order chi connectivity index (χ0) is 40.3. The fraction of sp³-hybridized carbons (Fsp3) is 0.250. The molecule has 0 spiro atoms. The van der Waals surface area contributed by atoms with Crippen LogP contribution >= 0.6 is 11.6 Å². The number of piperazine rings is 1. The first-order valence-electron chi connectivity index (χ1n) is 17.0. The van der Waals surface area contributed by atoms with Gasteiger partial charge >= 0.3 is 29.9 Å². The molecule has 1 atom stereocenters. The van der Waals surface area contributed by atoms with Gasteiger partial charge in [0.05, 0.1) is 16.9 Å². The molecule has 20 heteroatoms. The number of hydrogen-bond acceptors (Lipinski definition) is 10. The van der Waals surface area contributed by atoms with E-state index in [0.717, 1.165) is 11.0 Å². The molecule has 5 aromatic rings. The number of benzene rings is 3. The number of aliphatic hydroxyl groups is 1. The molecule has 6 N–H and O–H groups in total. The Morgan fingerprint density at radius 3 is 2.29 bits per heavy atom. The molecule has 1 saturated heterocycles. The van der Waals surface area contributed by atoms with E-state index < -0.39 is 53.1 Å². The van der Waals surface area contributed by atoms with Gasteiger partial charge in [0.1, 0.15) is 18.1 Å². The quantitative estimate of drug-likeness (QED) is 0.0998. The maximum atomic E-state index is 14.1. The summed E-state index contributed by atoms with van der Waals surface area (Å²) in [4.78, 5) is 80.5. The lowest BCUT2D eigenvalue weighted by Crippen LogP contribution is -2.60. The van der Waals surface area contributed by atoms with Gasteiger partial charge in [-0.15, -0.1) is 5.10 Å². The third-order valence-electron chi connectivity index (χ3n) is 9.07. The zero-order valence-corrected chi connectivity index (χ0v) is 30.6. The number of carboxylic acids is 1. The Hall–Kier alpha value is -6.86. The van der Waals surface area contributed by atoms with Gasteiger partial charge in [-0.05, 0) is 90.9 Å². The van der Waals surface area contributed by atoms with Crippen molar-refractivity contribution in [2.45, 2.75) is 38.3 Å². The Bertz CT molecular complexity index is 2340. The Balaban J connectivity index is 1.28. The van der Waals surface area contributed by atoms with Gasteiger partial charge in [0.25, 0.3) is 0 Å². The summed E-state index contributed by atoms with van der Waals surface area (Å²) in [5.41, 5.74) is 0.705. The number of tetrazole rings is 1. The maximum Gasteiger partial charge on any atom is 0.416 e. The van der Waals surface area contributed by atoms with Crippen molar-refractivity contribution in [3.05, 3.63) is 89.3 Å². The molecule has 290 valence electrons. The lowest BCUT2D eigenvalue weighted by Gasteiger charge is -2.38. The molecule has 0 radical (unpaired) electrons. The summed E-state index contributed by atoms with van der Waals surface area (Å²) in [6.07, 6.45) is 0.0720. The second-order valence-corrected chi connectivity index (χ2v) is 13.8. The second-order valence-electron chi connectivity index (χ2n) is 13.4. The smallest absolute Gasteiger partial charge is 0.416 e. The van der Waals surface area contributed by atoms with Crippen LogP contribution in [0, 0.1) is 0 Å². The molecular weight excluding hydrogens is 752 g/mol. The molecule has 1 fully saturated rings. The Kier molecular flexibility index (Phi) is 11.0. The highest BCUT2D eigenvalue weighted by Crippen LogP contribution is 2.30. The van der Waals surface area contributed by atoms with Gasteiger partial charge in [0.15, 0.2) is 0 Å². The molecule has 1 aliphatic rings. The number of rotatable bonds is 12. The second kappa shape index (κ2) is 15.9. The fourth-order valence-corrected chi connectivity index (χ4v) is 6.51. The van der Waals surface area contributed by atoms with E-state index in [1.54, 1.807) is 50.2 Å². The number of amides is 5. The van der Waals surface area contributed by atoms with Crippen molar-refractivity contribution in [2.75, 3.05) is 35.2 Å². The topological polar surface area (TPSA) is 254 Å². The van der Waals surface area contributed by atoms with Crippen LogP contribution in [0.2, 0.25) is 5.02 Å². The third kappa shape index (κ3) is 8.27. The molecule has 1 aliphatic heterocycles. The zero-order valence-electron chi connectivity index (χ0n) is 29.8. The summed E-state index contributed by atoms with van der Waals surface area (Å²) in [6.45, 7) is 3.29. The highest BCUT2D eigenvalue weighted by atomic mass is 35.5. The number of hydrogen-bond donors (Lipinski definition) is 6. The number of urea groups is 1. The van der Waals surface area contributed by atoms with E-state index in [-0.39, 0.29) is 53.4 Å². The van der Waals surface area contributed by atoms with E-state index in [4.69, 9.17) is 11.6 Å². The van der Waals surface area contributed by atoms with Crippen LogP contribution in [0.1, 0.15) is 36.3 Å². The number of nitrogens with one attached hydrogen (secondary N) is 3. The van der Waals surface area contributed by atoms with Crippen molar-refractivity contribution in [1.29, 1.82) is 0 Å². The molecule has 19 nitrogen and oxygen atoms in total. The largest absolute Gasteiger partial charge is 0.477 e. The number of nitrogens with zero attached hydrogens (tertiary/aromatic N) is 7. The lowest BCUT2D eigenvalue weighted by atomic mass is 10.0. The number of aliphatic hydroxyl groups excluding tert-OH is 1. The van der Waals surface area contributed by atoms with Crippen molar-refractivity contribution < 1.29 is 44.1 Å². The van der Waals surface area contributed by atoms with E-state index in [2.05, 4.69) is 31.5 Å². The SMILES string of the molecule is CC(C)(CCO)NC(=O)Nc1ccc(CC(C(=O)Nc2ccc3c(c2)cc(C(=O)O)n3C(=O)O)N2CCN(c3cc(Cl)ccc3-n3cnnn3)C(=O)C2=O)cc1. The van der Waals surface area contributed by atoms with Crippen LogP contribution in [-0.2, 0) is 20.8 Å². The van der Waals surface area contributed by atoms with E-state index in [1.165, 1.54) is 40.2 Å². The van der Waals surface area contributed by atoms with Crippen molar-refractivity contribution in [3.8, 4) is 5.69 Å². The highest BCUT2D eigenvalue weighted by Gasteiger charge is 2.41. The number of aromatic carboxylic acids is 1. The summed E-state index contributed by atoms with van der Waals surface area (Å²) >= 11 is 6.28. The van der Waals surface area contributed by atoms with Crippen LogP contribution in [0.5, 0.6) is 0 Å². The van der Waals surface area contributed by atoms with E-state index in [1.807, 2.05) is 0 Å². The van der Waals surface area contributed by atoms with Crippen LogP contribution in [0.25, 0.3) is 16.6 Å². The number of carbonyl (C=O) groups is 6. The molecule has 5 amide bonds. The molecule has 0 saturated carbocycles. The van der Waals surface area contributed by atoms with Gasteiger partial charge in [0.2, 0.25) is 5.91 Å². The Labute approximate surface area is 322 Å². The molecule has 3 heterocycles. The van der Waals surface area contributed by atoms with Crippen molar-refractivity contribution in [3.63, 3.8) is 0 Å². The van der Waals surface area contributed by atoms with Crippen LogP contribution in [0.3, 0.4) is 0 Å². The molecule has 0 bridgehead atoms. The maximum absolute atomic E-state index is 14.1. The average molecular weight is 787 g/mol. The average Bonchev–Trinajstić information content (AvgIpc) is 3.81. The molecule has 3 aromatic carbocycles. The van der Waals surface area contributed by atoms with E-state index >= 15 is 0 Å². The minimum atomic E-state index is -1.51. The van der Waals surface area contributed by atoms with Crippen LogP contribution < -0.4 is 20.9 Å². The fourth-order valence-electron chi connectivity index (χ4n) is 6.34. The predicted octanol–water partition coefficient (Wildman–Crippen LogP) is 3.20. The summed E-state index contributed by atoms with van der Waals surface area (Å²) < 4.78 is 1.92. The van der Waals surface area contributed by atoms with Crippen LogP contribution in [-0.4, -0.2) is 112 Å². The predicted molar refractivity (Wildman–Crippen MR) is 201 cm³/mol. The lowest BCUT2D eigenvalue weighted by molar-refractivity contribution is -0.149. The Morgan fingerprint density at radius 1 is 0.893 bits per heavy atom. The summed E-state index contributed by atoms with van der Waals surface area (Å²) in [5, 5.41) is 48.3. The van der Waals surface area contributed by atoms with Gasteiger partial charge in [-0.25, -0.2) is 19.0 Å². The number of carboxylic acid groups (broad SMARTS) is 2. The molecule has 2 aromatic heterocycles.